The molecule has 6 heteroatoms. The average molecular weight is 303 g/mol. The summed E-state index contributed by atoms with van der Waals surface area (Å²) in [5.41, 5.74) is 0.607. The van der Waals surface area contributed by atoms with Crippen LogP contribution in [-0.2, 0) is 11.3 Å². The van der Waals surface area contributed by atoms with E-state index in [0.717, 1.165) is 11.9 Å². The summed E-state index contributed by atoms with van der Waals surface area (Å²) in [5, 5.41) is 16.5. The lowest BCUT2D eigenvalue weighted by Gasteiger charge is -2.16. The molecule has 2 rings (SSSR count). The van der Waals surface area contributed by atoms with Gasteiger partial charge in [-0.05, 0) is 25.0 Å². The van der Waals surface area contributed by atoms with E-state index >= 15 is 0 Å². The molecule has 0 spiro atoms. The van der Waals surface area contributed by atoms with Crippen molar-refractivity contribution in [3.05, 3.63) is 40.7 Å². The Bertz CT molecular complexity index is 696. The zero-order valence-corrected chi connectivity index (χ0v) is 12.7. The van der Waals surface area contributed by atoms with Crippen molar-refractivity contribution in [2.75, 3.05) is 6.61 Å². The Hall–Kier alpha value is -2.21. The number of hydrogen-bond donors (Lipinski definition) is 2. The largest absolute Gasteiger partial charge is 0.396 e. The van der Waals surface area contributed by atoms with Gasteiger partial charge in [0, 0.05) is 24.5 Å². The van der Waals surface area contributed by atoms with Crippen molar-refractivity contribution in [2.24, 2.45) is 0 Å². The number of aliphatic hydroxyl groups excluding tert-OH is 1. The minimum Gasteiger partial charge on any atom is -0.396 e. The highest BCUT2D eigenvalue weighted by Gasteiger charge is 2.11. The molecule has 6 nitrogen and oxygen atoms in total. The third-order valence-corrected chi connectivity index (χ3v) is 3.65. The van der Waals surface area contributed by atoms with Gasteiger partial charge in [-0.3, -0.25) is 14.3 Å². The van der Waals surface area contributed by atoms with Gasteiger partial charge in [0.1, 0.15) is 0 Å². The smallest absolute Gasteiger partial charge is 0.222 e. The Labute approximate surface area is 128 Å². The van der Waals surface area contributed by atoms with Crippen molar-refractivity contribution < 1.29 is 9.90 Å². The number of carbonyl (C=O) groups excluding carboxylic acids is 1. The van der Waals surface area contributed by atoms with Crippen molar-refractivity contribution in [3.63, 3.8) is 0 Å². The molecule has 2 aromatic rings. The molecule has 0 saturated heterocycles. The Morgan fingerprint density at radius 2 is 2.18 bits per heavy atom. The molecular weight excluding hydrogens is 282 g/mol. The zero-order valence-electron chi connectivity index (χ0n) is 12.7. The lowest BCUT2D eigenvalue weighted by molar-refractivity contribution is -0.122. The number of rotatable bonds is 7. The third-order valence-electron chi connectivity index (χ3n) is 3.65. The van der Waals surface area contributed by atoms with Gasteiger partial charge in [-0.25, -0.2) is 0 Å². The molecule has 1 atom stereocenters. The molecule has 0 aliphatic carbocycles. The van der Waals surface area contributed by atoms with Crippen LogP contribution in [0, 0.1) is 0 Å². The predicted octanol–water partition coefficient (Wildman–Crippen LogP) is 1.06. The molecule has 1 heterocycles. The molecule has 0 aliphatic rings. The highest BCUT2D eigenvalue weighted by molar-refractivity contribution is 5.79. The second-order valence-electron chi connectivity index (χ2n) is 5.18. The lowest BCUT2D eigenvalue weighted by Crippen LogP contribution is -2.35. The molecule has 0 saturated carbocycles. The van der Waals surface area contributed by atoms with Gasteiger partial charge in [-0.15, -0.1) is 0 Å². The normalized spacial score (nSPS) is 12.3. The number of nitrogens with one attached hydrogen (secondary N) is 1. The third kappa shape index (κ3) is 3.92. The minimum absolute atomic E-state index is 0.00350. The van der Waals surface area contributed by atoms with E-state index in [0.29, 0.717) is 18.4 Å². The molecule has 0 aliphatic heterocycles. The quantitative estimate of drug-likeness (QED) is 0.801. The first kappa shape index (κ1) is 16.2. The van der Waals surface area contributed by atoms with Gasteiger partial charge < -0.3 is 10.4 Å². The van der Waals surface area contributed by atoms with Gasteiger partial charge in [-0.1, -0.05) is 19.1 Å². The lowest BCUT2D eigenvalue weighted by atomic mass is 10.1. The number of nitrogens with zero attached hydrogens (tertiary/aromatic N) is 2. The molecule has 1 unspecified atom stereocenters. The summed E-state index contributed by atoms with van der Waals surface area (Å²) < 4.78 is 1.67. The van der Waals surface area contributed by atoms with Gasteiger partial charge in [0.2, 0.25) is 11.3 Å². The molecule has 0 radical (unpaired) electrons. The topological polar surface area (TPSA) is 84.2 Å². The van der Waals surface area contributed by atoms with Crippen molar-refractivity contribution in [1.29, 1.82) is 0 Å². The van der Waals surface area contributed by atoms with E-state index in [9.17, 15) is 9.59 Å². The molecule has 1 aromatic carbocycles. The van der Waals surface area contributed by atoms with E-state index in [2.05, 4.69) is 10.4 Å². The molecule has 22 heavy (non-hydrogen) atoms. The van der Waals surface area contributed by atoms with Gasteiger partial charge in [0.15, 0.2) is 0 Å². The maximum absolute atomic E-state index is 12.0. The summed E-state index contributed by atoms with van der Waals surface area (Å²) in [6, 6.07) is 7.22. The first-order valence-corrected chi connectivity index (χ1v) is 7.50. The highest BCUT2D eigenvalue weighted by atomic mass is 16.3. The van der Waals surface area contributed by atoms with Crippen LogP contribution in [0.5, 0.6) is 0 Å². The fourth-order valence-electron chi connectivity index (χ4n) is 2.38. The van der Waals surface area contributed by atoms with E-state index in [4.69, 9.17) is 5.11 Å². The number of para-hydroxylation sites is 1. The second-order valence-corrected chi connectivity index (χ2v) is 5.18. The van der Waals surface area contributed by atoms with Gasteiger partial charge in [0.05, 0.1) is 18.3 Å². The minimum atomic E-state index is -0.120. The van der Waals surface area contributed by atoms with Gasteiger partial charge in [-0.2, -0.15) is 5.10 Å². The van der Waals surface area contributed by atoms with Crippen molar-refractivity contribution in [3.8, 4) is 0 Å². The van der Waals surface area contributed by atoms with Gasteiger partial charge in [0.25, 0.3) is 0 Å². The fourth-order valence-corrected chi connectivity index (χ4v) is 2.38. The van der Waals surface area contributed by atoms with E-state index in [-0.39, 0.29) is 30.4 Å². The van der Waals surface area contributed by atoms with Crippen molar-refractivity contribution in [1.82, 2.24) is 15.1 Å². The van der Waals surface area contributed by atoms with Crippen molar-refractivity contribution in [2.45, 2.75) is 38.8 Å². The molecule has 0 fully saturated rings. The molecule has 118 valence electrons. The van der Waals surface area contributed by atoms with Crippen LogP contribution in [0.1, 0.15) is 26.2 Å². The number of benzene rings is 1. The highest BCUT2D eigenvalue weighted by Crippen LogP contribution is 2.08. The van der Waals surface area contributed by atoms with Crippen LogP contribution in [-0.4, -0.2) is 33.4 Å². The Morgan fingerprint density at radius 3 is 2.91 bits per heavy atom. The van der Waals surface area contributed by atoms with E-state index < -0.39 is 0 Å². The van der Waals surface area contributed by atoms with Crippen LogP contribution < -0.4 is 10.7 Å². The van der Waals surface area contributed by atoms with Crippen LogP contribution in [0.15, 0.2) is 35.3 Å². The van der Waals surface area contributed by atoms with E-state index in [1.165, 1.54) is 6.20 Å². The summed E-state index contributed by atoms with van der Waals surface area (Å²) in [6.45, 7) is 2.43. The summed E-state index contributed by atoms with van der Waals surface area (Å²) in [6.07, 6.45) is 2.90. The van der Waals surface area contributed by atoms with Crippen LogP contribution in [0.25, 0.3) is 10.9 Å². The SMILES string of the molecule is CCC(CCO)NC(=O)CCn1ncc(=O)c2ccccc21. The second kappa shape index (κ2) is 7.70. The number of fused-ring (bicyclic) bond motifs is 1. The number of aromatic nitrogens is 2. The molecular formula is C16H21N3O3. The number of aliphatic hydroxyl groups is 1. The van der Waals surface area contributed by atoms with Crippen LogP contribution in [0.4, 0.5) is 0 Å². The number of amides is 1. The number of carbonyl (C=O) groups is 1. The summed E-state index contributed by atoms with van der Waals surface area (Å²) >= 11 is 0. The van der Waals surface area contributed by atoms with Crippen LogP contribution >= 0.6 is 0 Å². The number of aryl methyl sites for hydroxylation is 1. The number of hydrogen-bond acceptors (Lipinski definition) is 4. The van der Waals surface area contributed by atoms with Gasteiger partial charge >= 0.3 is 0 Å². The average Bonchev–Trinajstić information content (AvgIpc) is 2.54. The molecule has 2 N–H and O–H groups in total. The van der Waals surface area contributed by atoms with E-state index in [1.54, 1.807) is 10.7 Å². The maximum Gasteiger partial charge on any atom is 0.222 e. The Kier molecular flexibility index (Phi) is 5.66. The molecule has 1 aromatic heterocycles. The first-order valence-electron chi connectivity index (χ1n) is 7.50. The van der Waals surface area contributed by atoms with E-state index in [1.807, 2.05) is 25.1 Å². The monoisotopic (exact) mass is 303 g/mol. The van der Waals surface area contributed by atoms with Crippen molar-refractivity contribution >= 4 is 16.8 Å². The molecule has 1 amide bonds. The standard InChI is InChI=1S/C16H21N3O3/c1-2-12(8-10-20)18-16(22)7-9-19-14-6-4-3-5-13(14)15(21)11-17-19/h3-6,11-12,20H,2,7-10H2,1H3,(H,18,22). The predicted molar refractivity (Wildman–Crippen MR) is 84.5 cm³/mol. The maximum atomic E-state index is 12.0. The van der Waals surface area contributed by atoms with Crippen LogP contribution in [0.3, 0.4) is 0 Å². The van der Waals surface area contributed by atoms with Crippen LogP contribution in [0.2, 0.25) is 0 Å². The Balaban J connectivity index is 2.04. The Morgan fingerprint density at radius 1 is 1.41 bits per heavy atom. The summed E-state index contributed by atoms with van der Waals surface area (Å²) in [7, 11) is 0. The first-order chi connectivity index (χ1) is 10.7. The molecule has 0 bridgehead atoms. The fraction of sp³-hybridized carbons (Fsp3) is 0.438. The summed E-state index contributed by atoms with van der Waals surface area (Å²) in [5.74, 6) is -0.0788. The summed E-state index contributed by atoms with van der Waals surface area (Å²) in [4.78, 5) is 23.7. The zero-order chi connectivity index (χ0) is 15.9.